The van der Waals surface area contributed by atoms with Gasteiger partial charge in [0.1, 0.15) is 0 Å². The van der Waals surface area contributed by atoms with Gasteiger partial charge in [-0.2, -0.15) is 0 Å². The average Bonchev–Trinajstić information content (AvgIpc) is 2.67. The maximum Gasteiger partial charge on any atom is 0.336 e. The van der Waals surface area contributed by atoms with E-state index in [0.29, 0.717) is 15.7 Å². The summed E-state index contributed by atoms with van der Waals surface area (Å²) >= 11 is 1.12. The summed E-state index contributed by atoms with van der Waals surface area (Å²) in [6.45, 7) is 0. The minimum Gasteiger partial charge on any atom is -0.478 e. The number of rotatable bonds is 3. The fourth-order valence-corrected chi connectivity index (χ4v) is 2.12. The number of aryl methyl sites for hydroxylation is 1. The van der Waals surface area contributed by atoms with Crippen molar-refractivity contribution in [1.29, 1.82) is 0 Å². The first-order valence-electron chi connectivity index (χ1n) is 4.61. The van der Waals surface area contributed by atoms with Gasteiger partial charge >= 0.3 is 5.97 Å². The van der Waals surface area contributed by atoms with E-state index in [1.807, 2.05) is 0 Å². The number of carboxylic acids is 1. The van der Waals surface area contributed by atoms with E-state index in [-0.39, 0.29) is 5.56 Å². The molecule has 0 fully saturated rings. The second-order valence-electron chi connectivity index (χ2n) is 3.22. The number of hydrogen-bond donors (Lipinski definition) is 2. The number of anilines is 1. The highest BCUT2D eigenvalue weighted by molar-refractivity contribution is 7.99. The minimum absolute atomic E-state index is 0.137. The van der Waals surface area contributed by atoms with Crippen molar-refractivity contribution in [3.05, 3.63) is 23.8 Å². The molecule has 0 amide bonds. The highest BCUT2D eigenvalue weighted by Crippen LogP contribution is 2.33. The molecule has 1 heterocycles. The summed E-state index contributed by atoms with van der Waals surface area (Å²) in [5.74, 6) is -1.03. The topological polar surface area (TPSA) is 107 Å². The van der Waals surface area contributed by atoms with E-state index in [2.05, 4.69) is 15.5 Å². The summed E-state index contributed by atoms with van der Waals surface area (Å²) in [6, 6.07) is 4.72. The molecule has 8 heteroatoms. The molecule has 88 valence electrons. The predicted octanol–water partition coefficient (Wildman–Crippen LogP) is 0.642. The zero-order valence-corrected chi connectivity index (χ0v) is 9.68. The van der Waals surface area contributed by atoms with Crippen molar-refractivity contribution < 1.29 is 9.90 Å². The molecule has 7 nitrogen and oxygen atoms in total. The number of aromatic nitrogens is 4. The van der Waals surface area contributed by atoms with Gasteiger partial charge in [-0.3, -0.25) is 0 Å². The van der Waals surface area contributed by atoms with Gasteiger partial charge in [-0.1, -0.05) is 6.07 Å². The summed E-state index contributed by atoms with van der Waals surface area (Å²) in [4.78, 5) is 11.5. The molecule has 0 spiro atoms. The standard InChI is InChI=1S/C9H9N5O2S/c1-14-9(11-12-13-14)17-7-5(8(15)16)3-2-4-6(7)10/h2-4H,10H2,1H3,(H,15,16). The minimum atomic E-state index is -1.03. The van der Waals surface area contributed by atoms with E-state index in [1.165, 1.54) is 10.7 Å². The van der Waals surface area contributed by atoms with Crippen LogP contribution in [-0.4, -0.2) is 31.3 Å². The van der Waals surface area contributed by atoms with Gasteiger partial charge in [0.05, 0.1) is 10.5 Å². The van der Waals surface area contributed by atoms with E-state index in [0.717, 1.165) is 11.8 Å². The molecule has 2 aromatic rings. The highest BCUT2D eigenvalue weighted by atomic mass is 32.2. The molecule has 1 aromatic heterocycles. The summed E-state index contributed by atoms with van der Waals surface area (Å²) in [7, 11) is 1.67. The maximum atomic E-state index is 11.1. The highest BCUT2D eigenvalue weighted by Gasteiger charge is 2.16. The Bertz CT molecular complexity index is 568. The lowest BCUT2D eigenvalue weighted by Crippen LogP contribution is -2.03. The van der Waals surface area contributed by atoms with Crippen LogP contribution in [0.15, 0.2) is 28.3 Å². The molecular formula is C9H9N5O2S. The smallest absolute Gasteiger partial charge is 0.336 e. The van der Waals surface area contributed by atoms with Gasteiger partial charge in [0, 0.05) is 12.7 Å². The van der Waals surface area contributed by atoms with Crippen LogP contribution >= 0.6 is 11.8 Å². The lowest BCUT2D eigenvalue weighted by Gasteiger charge is -2.07. The van der Waals surface area contributed by atoms with Crippen LogP contribution < -0.4 is 5.73 Å². The van der Waals surface area contributed by atoms with Crippen molar-refractivity contribution in [2.45, 2.75) is 10.1 Å². The van der Waals surface area contributed by atoms with Crippen molar-refractivity contribution in [1.82, 2.24) is 20.2 Å². The molecule has 0 aliphatic carbocycles. The van der Waals surface area contributed by atoms with E-state index in [9.17, 15) is 4.79 Å². The third-order valence-electron chi connectivity index (χ3n) is 2.05. The Morgan fingerprint density at radius 3 is 2.88 bits per heavy atom. The van der Waals surface area contributed by atoms with Crippen LogP contribution in [0.3, 0.4) is 0 Å². The number of tetrazole rings is 1. The first-order valence-corrected chi connectivity index (χ1v) is 5.43. The molecule has 0 atom stereocenters. The Morgan fingerprint density at radius 2 is 2.29 bits per heavy atom. The van der Waals surface area contributed by atoms with Gasteiger partial charge in [0.15, 0.2) is 0 Å². The number of aromatic carboxylic acids is 1. The number of nitrogens with zero attached hydrogens (tertiary/aromatic N) is 4. The molecule has 0 bridgehead atoms. The van der Waals surface area contributed by atoms with Crippen molar-refractivity contribution in [2.75, 3.05) is 5.73 Å². The molecule has 0 unspecified atom stereocenters. The Balaban J connectivity index is 2.45. The van der Waals surface area contributed by atoms with Gasteiger partial charge in [0.2, 0.25) is 5.16 Å². The first-order chi connectivity index (χ1) is 8.09. The molecule has 0 aliphatic heterocycles. The third-order valence-corrected chi connectivity index (χ3v) is 3.24. The van der Waals surface area contributed by atoms with Gasteiger partial charge < -0.3 is 10.8 Å². The predicted molar refractivity (Wildman–Crippen MR) is 60.7 cm³/mol. The van der Waals surface area contributed by atoms with Crippen LogP contribution in [-0.2, 0) is 7.05 Å². The first kappa shape index (κ1) is 11.4. The average molecular weight is 251 g/mol. The Hall–Kier alpha value is -2.09. The van der Waals surface area contributed by atoms with E-state index in [4.69, 9.17) is 10.8 Å². The molecule has 0 saturated carbocycles. The molecule has 1 aromatic carbocycles. The molecule has 3 N–H and O–H groups in total. The zero-order valence-electron chi connectivity index (χ0n) is 8.86. The van der Waals surface area contributed by atoms with Crippen LogP contribution in [0.4, 0.5) is 5.69 Å². The summed E-state index contributed by atoms with van der Waals surface area (Å²) in [6.07, 6.45) is 0. The fraction of sp³-hybridized carbons (Fsp3) is 0.111. The van der Waals surface area contributed by atoms with Crippen molar-refractivity contribution in [2.24, 2.45) is 7.05 Å². The molecule has 0 aliphatic rings. The zero-order chi connectivity index (χ0) is 12.4. The van der Waals surface area contributed by atoms with Crippen LogP contribution in [0.25, 0.3) is 0 Å². The van der Waals surface area contributed by atoms with Crippen LogP contribution in [0.1, 0.15) is 10.4 Å². The second-order valence-corrected chi connectivity index (χ2v) is 4.19. The number of hydrogen-bond acceptors (Lipinski definition) is 6. The van der Waals surface area contributed by atoms with Crippen LogP contribution in [0.2, 0.25) is 0 Å². The van der Waals surface area contributed by atoms with E-state index < -0.39 is 5.97 Å². The summed E-state index contributed by atoms with van der Waals surface area (Å²) in [5, 5.41) is 20.4. The van der Waals surface area contributed by atoms with E-state index in [1.54, 1.807) is 19.2 Å². The monoisotopic (exact) mass is 251 g/mol. The maximum absolute atomic E-state index is 11.1. The number of nitrogens with two attached hydrogens (primary N) is 1. The van der Waals surface area contributed by atoms with Crippen molar-refractivity contribution in [3.63, 3.8) is 0 Å². The van der Waals surface area contributed by atoms with E-state index >= 15 is 0 Å². The molecule has 0 saturated heterocycles. The fourth-order valence-electron chi connectivity index (χ4n) is 1.24. The lowest BCUT2D eigenvalue weighted by atomic mass is 10.2. The van der Waals surface area contributed by atoms with Gasteiger partial charge in [-0.15, -0.1) is 5.10 Å². The number of benzene rings is 1. The Labute approximate surface area is 101 Å². The molecule has 0 radical (unpaired) electrons. The normalized spacial score (nSPS) is 10.4. The SMILES string of the molecule is Cn1nnnc1Sc1c(N)cccc1C(=O)O. The number of carboxylic acid groups (broad SMARTS) is 1. The Kier molecular flexibility index (Phi) is 2.96. The van der Waals surface area contributed by atoms with Gasteiger partial charge in [0.25, 0.3) is 0 Å². The number of carbonyl (C=O) groups is 1. The van der Waals surface area contributed by atoms with Crippen LogP contribution in [0.5, 0.6) is 0 Å². The van der Waals surface area contributed by atoms with Gasteiger partial charge in [-0.25, -0.2) is 9.48 Å². The van der Waals surface area contributed by atoms with Crippen LogP contribution in [0, 0.1) is 0 Å². The Morgan fingerprint density at radius 1 is 1.53 bits per heavy atom. The molecule has 2 rings (SSSR count). The summed E-state index contributed by atoms with van der Waals surface area (Å²) < 4.78 is 1.45. The quantitative estimate of drug-likeness (QED) is 0.771. The largest absolute Gasteiger partial charge is 0.478 e. The van der Waals surface area contributed by atoms with Crippen molar-refractivity contribution in [3.8, 4) is 0 Å². The third kappa shape index (κ3) is 2.21. The van der Waals surface area contributed by atoms with Gasteiger partial charge in [-0.05, 0) is 34.3 Å². The summed E-state index contributed by atoms with van der Waals surface area (Å²) in [5.41, 5.74) is 6.29. The van der Waals surface area contributed by atoms with Crippen molar-refractivity contribution >= 4 is 23.4 Å². The second kappa shape index (κ2) is 4.42. The number of nitrogen functional groups attached to an aromatic ring is 1. The molecular weight excluding hydrogens is 242 g/mol. The molecule has 17 heavy (non-hydrogen) atoms. The lowest BCUT2D eigenvalue weighted by molar-refractivity contribution is 0.0693.